The third-order valence-electron chi connectivity index (χ3n) is 1.25. The lowest BCUT2D eigenvalue weighted by Crippen LogP contribution is -2.06. The number of rotatable bonds is 3. The Labute approximate surface area is 97.4 Å². The molecular weight excluding hydrogens is 232 g/mol. The summed E-state index contributed by atoms with van der Waals surface area (Å²) in [4.78, 5) is 11.3. The van der Waals surface area contributed by atoms with Gasteiger partial charge in [0, 0.05) is 4.75 Å². The second-order valence-electron chi connectivity index (χ2n) is 3.81. The van der Waals surface area contributed by atoms with E-state index in [0.29, 0.717) is 11.6 Å². The third kappa shape index (κ3) is 4.17. The van der Waals surface area contributed by atoms with Crippen molar-refractivity contribution in [2.75, 3.05) is 6.61 Å². The van der Waals surface area contributed by atoms with Gasteiger partial charge in [-0.25, -0.2) is 4.79 Å². The maximum absolute atomic E-state index is 11.3. The van der Waals surface area contributed by atoms with Crippen molar-refractivity contribution in [2.24, 2.45) is 0 Å². The zero-order valence-corrected chi connectivity index (χ0v) is 10.9. The van der Waals surface area contributed by atoms with E-state index < -0.39 is 5.97 Å². The summed E-state index contributed by atoms with van der Waals surface area (Å²) in [5, 5.41) is 8.05. The zero-order chi connectivity index (χ0) is 11.5. The Kier molecular flexibility index (Phi) is 4.10. The van der Waals surface area contributed by atoms with Gasteiger partial charge >= 0.3 is 5.97 Å². The van der Waals surface area contributed by atoms with Gasteiger partial charge in [-0.2, -0.15) is 0 Å². The molecule has 0 saturated carbocycles. The molecule has 6 heteroatoms. The smallest absolute Gasteiger partial charge is 0.369 e. The van der Waals surface area contributed by atoms with Crippen molar-refractivity contribution in [3.63, 3.8) is 0 Å². The van der Waals surface area contributed by atoms with E-state index >= 15 is 0 Å². The van der Waals surface area contributed by atoms with Crippen LogP contribution in [0.5, 0.6) is 0 Å². The Morgan fingerprint density at radius 1 is 1.47 bits per heavy atom. The van der Waals surface area contributed by atoms with Crippen LogP contribution in [0, 0.1) is 0 Å². The summed E-state index contributed by atoms with van der Waals surface area (Å²) in [6, 6.07) is 0. The van der Waals surface area contributed by atoms with Crippen molar-refractivity contribution in [1.82, 2.24) is 10.2 Å². The van der Waals surface area contributed by atoms with Crippen LogP contribution in [0.4, 0.5) is 0 Å². The lowest BCUT2D eigenvalue weighted by atomic mass is 10.3. The molecule has 0 aliphatic rings. The van der Waals surface area contributed by atoms with Crippen molar-refractivity contribution < 1.29 is 9.53 Å². The van der Waals surface area contributed by atoms with Crippen molar-refractivity contribution in [3.8, 4) is 0 Å². The number of aromatic nitrogens is 2. The van der Waals surface area contributed by atoms with Gasteiger partial charge in [0.25, 0.3) is 0 Å². The molecule has 0 unspecified atom stereocenters. The molecule has 0 radical (unpaired) electrons. The topological polar surface area (TPSA) is 52.1 Å². The molecular formula is C9H14N2O2S2. The molecule has 1 heterocycles. The van der Waals surface area contributed by atoms with E-state index in [1.54, 1.807) is 18.7 Å². The van der Waals surface area contributed by atoms with Gasteiger partial charge in [0.15, 0.2) is 4.34 Å². The lowest BCUT2D eigenvalue weighted by molar-refractivity contribution is 0.0525. The highest BCUT2D eigenvalue weighted by atomic mass is 32.2. The van der Waals surface area contributed by atoms with Crippen LogP contribution >= 0.6 is 23.1 Å². The van der Waals surface area contributed by atoms with Gasteiger partial charge in [0.05, 0.1) is 6.61 Å². The Balaban J connectivity index is 2.68. The molecule has 0 aromatic carbocycles. The Hall–Kier alpha value is -0.620. The van der Waals surface area contributed by atoms with Crippen molar-refractivity contribution in [1.29, 1.82) is 0 Å². The maximum Gasteiger partial charge on any atom is 0.369 e. The van der Waals surface area contributed by atoms with Crippen molar-refractivity contribution in [2.45, 2.75) is 36.8 Å². The van der Waals surface area contributed by atoms with Crippen LogP contribution < -0.4 is 0 Å². The lowest BCUT2D eigenvalue weighted by Gasteiger charge is -2.13. The van der Waals surface area contributed by atoms with Crippen LogP contribution in [0.1, 0.15) is 37.5 Å². The summed E-state index contributed by atoms with van der Waals surface area (Å²) in [6.07, 6.45) is 0. The first kappa shape index (κ1) is 12.4. The van der Waals surface area contributed by atoms with E-state index in [2.05, 4.69) is 31.0 Å². The largest absolute Gasteiger partial charge is 0.461 e. The number of hydrogen-bond acceptors (Lipinski definition) is 6. The molecule has 0 aliphatic carbocycles. The van der Waals surface area contributed by atoms with Crippen LogP contribution in [0.3, 0.4) is 0 Å². The highest BCUT2D eigenvalue weighted by molar-refractivity contribution is 8.02. The number of carbonyl (C=O) groups excluding carboxylic acids is 1. The second kappa shape index (κ2) is 4.94. The molecule has 4 nitrogen and oxygen atoms in total. The van der Waals surface area contributed by atoms with E-state index in [1.165, 1.54) is 11.3 Å². The number of nitrogens with zero attached hydrogens (tertiary/aromatic N) is 2. The minimum absolute atomic E-state index is 0.0749. The molecule has 0 amide bonds. The van der Waals surface area contributed by atoms with Gasteiger partial charge in [-0.15, -0.1) is 10.2 Å². The van der Waals surface area contributed by atoms with Gasteiger partial charge in [-0.3, -0.25) is 0 Å². The molecule has 0 fully saturated rings. The molecule has 1 aromatic rings. The molecule has 0 spiro atoms. The van der Waals surface area contributed by atoms with Crippen LogP contribution in [0.15, 0.2) is 4.34 Å². The fourth-order valence-corrected chi connectivity index (χ4v) is 3.02. The summed E-state index contributed by atoms with van der Waals surface area (Å²) in [6.45, 7) is 8.39. The van der Waals surface area contributed by atoms with Gasteiger partial charge in [0.1, 0.15) is 0 Å². The third-order valence-corrected chi connectivity index (χ3v) is 3.32. The zero-order valence-electron chi connectivity index (χ0n) is 9.23. The SMILES string of the molecule is CCOC(=O)c1nnc(SC(C)(C)C)s1. The monoisotopic (exact) mass is 246 g/mol. The van der Waals surface area contributed by atoms with Crippen molar-refractivity contribution in [3.05, 3.63) is 5.01 Å². The Morgan fingerprint density at radius 2 is 2.13 bits per heavy atom. The average Bonchev–Trinajstić information content (AvgIpc) is 2.50. The van der Waals surface area contributed by atoms with Crippen LogP contribution in [0.2, 0.25) is 0 Å². The van der Waals surface area contributed by atoms with Gasteiger partial charge in [0.2, 0.25) is 5.01 Å². The minimum Gasteiger partial charge on any atom is -0.461 e. The quantitative estimate of drug-likeness (QED) is 0.606. The average molecular weight is 246 g/mol. The molecule has 0 atom stereocenters. The Bertz CT molecular complexity index is 344. The van der Waals surface area contributed by atoms with Crippen LogP contribution in [-0.4, -0.2) is 27.5 Å². The summed E-state index contributed by atoms with van der Waals surface area (Å²) in [5.74, 6) is -0.393. The Morgan fingerprint density at radius 3 is 2.67 bits per heavy atom. The highest BCUT2D eigenvalue weighted by Gasteiger charge is 2.18. The number of thioether (sulfide) groups is 1. The standard InChI is InChI=1S/C9H14N2O2S2/c1-5-13-7(12)6-10-11-8(14-6)15-9(2,3)4/h5H2,1-4H3. The highest BCUT2D eigenvalue weighted by Crippen LogP contribution is 2.33. The fraction of sp³-hybridized carbons (Fsp3) is 0.667. The second-order valence-corrected chi connectivity index (χ2v) is 6.86. The van der Waals surface area contributed by atoms with Gasteiger partial charge < -0.3 is 4.74 Å². The van der Waals surface area contributed by atoms with E-state index in [0.717, 1.165) is 4.34 Å². The number of carbonyl (C=O) groups is 1. The predicted octanol–water partition coefficient (Wildman–Crippen LogP) is 2.61. The molecule has 0 bridgehead atoms. The number of ether oxygens (including phenoxy) is 1. The first-order valence-corrected chi connectivity index (χ1v) is 6.25. The van der Waals surface area contributed by atoms with E-state index in [-0.39, 0.29) is 4.75 Å². The summed E-state index contributed by atoms with van der Waals surface area (Å²) in [5.41, 5.74) is 0. The van der Waals surface area contributed by atoms with Gasteiger partial charge in [-0.1, -0.05) is 43.9 Å². The summed E-state index contributed by atoms with van der Waals surface area (Å²) in [7, 11) is 0. The van der Waals surface area contributed by atoms with Crippen molar-refractivity contribution >= 4 is 29.1 Å². The molecule has 1 aromatic heterocycles. The molecule has 84 valence electrons. The van der Waals surface area contributed by atoms with E-state index in [1.807, 2.05) is 0 Å². The normalized spacial score (nSPS) is 11.5. The van der Waals surface area contributed by atoms with Crippen LogP contribution in [0.25, 0.3) is 0 Å². The summed E-state index contributed by atoms with van der Waals surface area (Å²) >= 11 is 2.87. The molecule has 0 aliphatic heterocycles. The number of hydrogen-bond donors (Lipinski definition) is 0. The molecule has 15 heavy (non-hydrogen) atoms. The summed E-state index contributed by atoms with van der Waals surface area (Å²) < 4.78 is 5.70. The van der Waals surface area contributed by atoms with Crippen LogP contribution in [-0.2, 0) is 4.74 Å². The fourth-order valence-electron chi connectivity index (χ4n) is 0.788. The number of esters is 1. The first-order valence-electron chi connectivity index (χ1n) is 4.62. The molecule has 0 N–H and O–H groups in total. The first-order chi connectivity index (χ1) is 6.92. The van der Waals surface area contributed by atoms with Gasteiger partial charge in [-0.05, 0) is 6.92 Å². The molecule has 1 rings (SSSR count). The van der Waals surface area contributed by atoms with E-state index in [9.17, 15) is 4.79 Å². The predicted molar refractivity (Wildman–Crippen MR) is 61.5 cm³/mol. The maximum atomic E-state index is 11.3. The molecule has 0 saturated heterocycles. The van der Waals surface area contributed by atoms with E-state index in [4.69, 9.17) is 4.74 Å². The minimum atomic E-state index is -0.393.